The van der Waals surface area contributed by atoms with E-state index in [1.54, 1.807) is 0 Å². The number of rotatable bonds is 2. The third-order valence-electron chi connectivity index (χ3n) is 6.56. The Balaban J connectivity index is 1.45. The lowest BCUT2D eigenvalue weighted by molar-refractivity contribution is -0.164. The summed E-state index contributed by atoms with van der Waals surface area (Å²) in [6.07, 6.45) is 12.2. The van der Waals surface area contributed by atoms with Gasteiger partial charge in [0.2, 0.25) is 0 Å². The van der Waals surface area contributed by atoms with E-state index in [2.05, 4.69) is 0 Å². The molecule has 5 rings (SSSR count). The Kier molecular flexibility index (Phi) is 2.28. The van der Waals surface area contributed by atoms with Crippen LogP contribution in [0.5, 0.6) is 0 Å². The van der Waals surface area contributed by atoms with Crippen molar-refractivity contribution in [2.24, 2.45) is 17.8 Å². The first-order valence-electron chi connectivity index (χ1n) is 8.63. The quantitative estimate of drug-likeness (QED) is 0.727. The fourth-order valence-electron chi connectivity index (χ4n) is 5.32. The van der Waals surface area contributed by atoms with E-state index in [0.717, 1.165) is 19.3 Å². The second kappa shape index (κ2) is 3.79. The molecule has 0 N–H and O–H groups in total. The van der Waals surface area contributed by atoms with Crippen LogP contribution in [0, 0.1) is 17.8 Å². The van der Waals surface area contributed by atoms with E-state index < -0.39 is 5.60 Å². The van der Waals surface area contributed by atoms with Crippen LogP contribution >= 0.6 is 0 Å². The summed E-state index contributed by atoms with van der Waals surface area (Å²) in [5.41, 5.74) is -0.671. The number of carbonyl (C=O) groups is 1. The minimum atomic E-state index is -0.551. The van der Waals surface area contributed by atoms with Crippen molar-refractivity contribution >= 4 is 5.97 Å². The second-order valence-corrected chi connectivity index (χ2v) is 7.97. The van der Waals surface area contributed by atoms with E-state index in [9.17, 15) is 4.79 Å². The Bertz CT molecular complexity index is 423. The van der Waals surface area contributed by atoms with E-state index in [1.165, 1.54) is 44.9 Å². The molecule has 3 nitrogen and oxygen atoms in total. The molecule has 3 atom stereocenters. The van der Waals surface area contributed by atoms with Gasteiger partial charge in [-0.15, -0.1) is 0 Å². The van der Waals surface area contributed by atoms with Crippen molar-refractivity contribution in [3.63, 3.8) is 0 Å². The van der Waals surface area contributed by atoms with E-state index >= 15 is 0 Å². The molecule has 3 aliphatic carbocycles. The summed E-state index contributed by atoms with van der Waals surface area (Å²) in [5.74, 6) is 1.89. The molecule has 0 aromatic carbocycles. The molecule has 5 aliphatic rings. The van der Waals surface area contributed by atoms with Gasteiger partial charge in [0.25, 0.3) is 0 Å². The van der Waals surface area contributed by atoms with Crippen LogP contribution in [0.3, 0.4) is 0 Å². The second-order valence-electron chi connectivity index (χ2n) is 7.97. The smallest absolute Gasteiger partial charge is 0.339 e. The molecule has 0 amide bonds. The summed E-state index contributed by atoms with van der Waals surface area (Å²) in [6.45, 7) is 0. The Morgan fingerprint density at radius 2 is 1.65 bits per heavy atom. The zero-order valence-corrected chi connectivity index (χ0v) is 12.1. The maximum absolute atomic E-state index is 12.7. The Labute approximate surface area is 120 Å². The Morgan fingerprint density at radius 3 is 2.30 bits per heavy atom. The van der Waals surface area contributed by atoms with Gasteiger partial charge in [0.05, 0.1) is 6.10 Å². The third kappa shape index (κ3) is 1.53. The average Bonchev–Trinajstić information content (AvgIpc) is 3.33. The lowest BCUT2D eigenvalue weighted by atomic mass is 9.78. The van der Waals surface area contributed by atoms with Crippen LogP contribution < -0.4 is 0 Å². The van der Waals surface area contributed by atoms with E-state index in [0.29, 0.717) is 23.9 Å². The fraction of sp³-hybridized carbons (Fsp3) is 0.941. The molecule has 2 aliphatic heterocycles. The number of ether oxygens (including phenoxy) is 2. The molecule has 2 saturated heterocycles. The Morgan fingerprint density at radius 1 is 0.950 bits per heavy atom. The third-order valence-corrected chi connectivity index (χ3v) is 6.56. The van der Waals surface area contributed by atoms with Crippen molar-refractivity contribution in [2.75, 3.05) is 0 Å². The maximum Gasteiger partial charge on any atom is 0.339 e. The monoisotopic (exact) mass is 276 g/mol. The highest BCUT2D eigenvalue weighted by atomic mass is 16.6. The van der Waals surface area contributed by atoms with Crippen LogP contribution in [0.25, 0.3) is 0 Å². The Hall–Kier alpha value is -0.570. The molecule has 110 valence electrons. The predicted molar refractivity (Wildman–Crippen MR) is 73.1 cm³/mol. The highest BCUT2D eigenvalue weighted by Crippen LogP contribution is 2.63. The molecule has 1 unspecified atom stereocenters. The summed E-state index contributed by atoms with van der Waals surface area (Å²) in [7, 11) is 0. The SMILES string of the molecule is O=C1OC(C2CC2)(C2CC2)CC12C[C@@H]1CCCC[C@H]1O2. The van der Waals surface area contributed by atoms with Crippen molar-refractivity contribution < 1.29 is 14.3 Å². The van der Waals surface area contributed by atoms with Crippen molar-refractivity contribution in [3.05, 3.63) is 0 Å². The molecule has 2 heterocycles. The molecule has 0 bridgehead atoms. The first kappa shape index (κ1) is 12.0. The van der Waals surface area contributed by atoms with Gasteiger partial charge in [-0.1, -0.05) is 12.8 Å². The summed E-state index contributed by atoms with van der Waals surface area (Å²) < 4.78 is 12.4. The van der Waals surface area contributed by atoms with Crippen LogP contribution in [-0.2, 0) is 14.3 Å². The number of esters is 1. The predicted octanol–water partition coefficient (Wildman–Crippen LogP) is 3.21. The number of hydrogen-bond acceptors (Lipinski definition) is 3. The van der Waals surface area contributed by atoms with Gasteiger partial charge < -0.3 is 9.47 Å². The lowest BCUT2D eigenvalue weighted by Gasteiger charge is -2.28. The van der Waals surface area contributed by atoms with Gasteiger partial charge in [0.1, 0.15) is 5.60 Å². The number of hydrogen-bond donors (Lipinski definition) is 0. The fourth-order valence-corrected chi connectivity index (χ4v) is 5.32. The van der Waals surface area contributed by atoms with Crippen molar-refractivity contribution in [1.29, 1.82) is 0 Å². The number of carbonyl (C=O) groups excluding carboxylic acids is 1. The van der Waals surface area contributed by atoms with E-state index in [4.69, 9.17) is 9.47 Å². The van der Waals surface area contributed by atoms with Gasteiger partial charge in [-0.3, -0.25) is 0 Å². The zero-order valence-electron chi connectivity index (χ0n) is 12.1. The molecule has 20 heavy (non-hydrogen) atoms. The van der Waals surface area contributed by atoms with Crippen molar-refractivity contribution in [3.8, 4) is 0 Å². The standard InChI is InChI=1S/C17H24O3/c18-15-16(9-11-3-1-2-4-14(11)19-16)10-17(20-15,12-5-6-12)13-7-8-13/h11-14H,1-10H2/t11-,14+,16?/m0/s1. The van der Waals surface area contributed by atoms with Crippen LogP contribution in [0.15, 0.2) is 0 Å². The molecule has 0 aromatic heterocycles. The highest BCUT2D eigenvalue weighted by Gasteiger charge is 2.69. The van der Waals surface area contributed by atoms with Gasteiger partial charge in [0.15, 0.2) is 5.60 Å². The normalized spacial score (nSPS) is 46.5. The lowest BCUT2D eigenvalue weighted by Crippen LogP contribution is -2.37. The van der Waals surface area contributed by atoms with Gasteiger partial charge in [-0.2, -0.15) is 0 Å². The molecular formula is C17H24O3. The minimum absolute atomic E-state index is 0.00861. The van der Waals surface area contributed by atoms with Crippen LogP contribution in [0.4, 0.5) is 0 Å². The molecular weight excluding hydrogens is 252 g/mol. The molecule has 3 saturated carbocycles. The van der Waals surface area contributed by atoms with Crippen LogP contribution in [0.1, 0.15) is 64.2 Å². The largest absolute Gasteiger partial charge is 0.456 e. The highest BCUT2D eigenvalue weighted by molar-refractivity contribution is 5.83. The topological polar surface area (TPSA) is 35.5 Å². The van der Waals surface area contributed by atoms with Crippen molar-refractivity contribution in [2.45, 2.75) is 81.5 Å². The summed E-state index contributed by atoms with van der Waals surface area (Å²) in [6, 6.07) is 0. The zero-order chi connectivity index (χ0) is 13.4. The van der Waals surface area contributed by atoms with Gasteiger partial charge >= 0.3 is 5.97 Å². The molecule has 1 spiro atoms. The van der Waals surface area contributed by atoms with Gasteiger partial charge in [-0.25, -0.2) is 4.79 Å². The maximum atomic E-state index is 12.7. The summed E-state index contributed by atoms with van der Waals surface area (Å²) >= 11 is 0. The molecule has 5 fully saturated rings. The van der Waals surface area contributed by atoms with Gasteiger partial charge in [0, 0.05) is 6.42 Å². The first-order valence-corrected chi connectivity index (χ1v) is 8.63. The first-order chi connectivity index (χ1) is 9.72. The molecule has 0 aromatic rings. The van der Waals surface area contributed by atoms with E-state index in [-0.39, 0.29) is 11.6 Å². The molecule has 0 radical (unpaired) electrons. The minimum Gasteiger partial charge on any atom is -0.456 e. The molecule has 3 heteroatoms. The van der Waals surface area contributed by atoms with Crippen LogP contribution in [-0.4, -0.2) is 23.3 Å². The summed E-state index contributed by atoms with van der Waals surface area (Å²) in [4.78, 5) is 12.7. The van der Waals surface area contributed by atoms with Crippen molar-refractivity contribution in [1.82, 2.24) is 0 Å². The summed E-state index contributed by atoms with van der Waals surface area (Å²) in [5, 5.41) is 0. The average molecular weight is 276 g/mol. The van der Waals surface area contributed by atoms with Crippen LogP contribution in [0.2, 0.25) is 0 Å². The van der Waals surface area contributed by atoms with Gasteiger partial charge in [-0.05, 0) is 62.7 Å². The number of fused-ring (bicyclic) bond motifs is 1. The van der Waals surface area contributed by atoms with E-state index in [1.807, 2.05) is 0 Å². The number of cyclic esters (lactones) is 1.